The van der Waals surface area contributed by atoms with Gasteiger partial charge in [-0.3, -0.25) is 9.78 Å². The van der Waals surface area contributed by atoms with E-state index in [1.54, 1.807) is 0 Å². The lowest BCUT2D eigenvalue weighted by Gasteiger charge is -2.24. The standard InChI is InChI=1S/C8H9ClN2O/c9-8-10-6(4-7(12)11-8)5-2-1-3-5/h4-5H,1-3H2,(H,10,11,12). The van der Waals surface area contributed by atoms with Crippen molar-refractivity contribution in [3.63, 3.8) is 0 Å². The van der Waals surface area contributed by atoms with Crippen molar-refractivity contribution >= 4 is 11.6 Å². The smallest absolute Gasteiger partial charge is 0.252 e. The van der Waals surface area contributed by atoms with Gasteiger partial charge in [-0.05, 0) is 24.4 Å². The van der Waals surface area contributed by atoms with E-state index >= 15 is 0 Å². The summed E-state index contributed by atoms with van der Waals surface area (Å²) in [5.74, 6) is 0.463. The molecule has 12 heavy (non-hydrogen) atoms. The molecular weight excluding hydrogens is 176 g/mol. The first-order valence-corrected chi connectivity index (χ1v) is 4.40. The van der Waals surface area contributed by atoms with E-state index in [4.69, 9.17) is 11.6 Å². The Morgan fingerprint density at radius 3 is 2.83 bits per heavy atom. The second kappa shape index (κ2) is 2.90. The third-order valence-electron chi connectivity index (χ3n) is 2.26. The van der Waals surface area contributed by atoms with E-state index in [9.17, 15) is 4.79 Å². The summed E-state index contributed by atoms with van der Waals surface area (Å²) in [6.45, 7) is 0. The number of aromatic amines is 1. The van der Waals surface area contributed by atoms with Gasteiger partial charge >= 0.3 is 0 Å². The van der Waals surface area contributed by atoms with Gasteiger partial charge in [-0.15, -0.1) is 0 Å². The molecule has 1 aromatic heterocycles. The van der Waals surface area contributed by atoms with E-state index in [-0.39, 0.29) is 10.8 Å². The van der Waals surface area contributed by atoms with Gasteiger partial charge < -0.3 is 0 Å². The summed E-state index contributed by atoms with van der Waals surface area (Å²) < 4.78 is 0. The molecule has 1 N–H and O–H groups in total. The SMILES string of the molecule is O=c1cc(C2CCC2)nc(Cl)[nH]1. The van der Waals surface area contributed by atoms with Crippen molar-refractivity contribution in [3.05, 3.63) is 27.4 Å². The van der Waals surface area contributed by atoms with Crippen molar-refractivity contribution < 1.29 is 0 Å². The molecule has 2 rings (SSSR count). The molecule has 64 valence electrons. The largest absolute Gasteiger partial charge is 0.297 e. The van der Waals surface area contributed by atoms with Crippen LogP contribution in [0.4, 0.5) is 0 Å². The van der Waals surface area contributed by atoms with E-state index in [1.165, 1.54) is 12.5 Å². The summed E-state index contributed by atoms with van der Waals surface area (Å²) >= 11 is 5.61. The maximum Gasteiger partial charge on any atom is 0.252 e. The first kappa shape index (κ1) is 7.80. The molecule has 0 saturated heterocycles. The summed E-state index contributed by atoms with van der Waals surface area (Å²) in [6, 6.07) is 1.54. The van der Waals surface area contributed by atoms with E-state index in [2.05, 4.69) is 9.97 Å². The highest BCUT2D eigenvalue weighted by Crippen LogP contribution is 2.34. The Labute approximate surface area is 74.8 Å². The third kappa shape index (κ3) is 1.37. The van der Waals surface area contributed by atoms with Gasteiger partial charge in [0.15, 0.2) is 0 Å². The molecule has 0 spiro atoms. The fraction of sp³-hybridized carbons (Fsp3) is 0.500. The summed E-state index contributed by atoms with van der Waals surface area (Å²) in [7, 11) is 0. The van der Waals surface area contributed by atoms with Gasteiger partial charge in [0.1, 0.15) is 0 Å². The van der Waals surface area contributed by atoms with Gasteiger partial charge in [0.25, 0.3) is 5.56 Å². The van der Waals surface area contributed by atoms with Crippen LogP contribution >= 0.6 is 11.6 Å². The van der Waals surface area contributed by atoms with E-state index < -0.39 is 0 Å². The molecule has 4 heteroatoms. The zero-order valence-corrected chi connectivity index (χ0v) is 7.27. The Hall–Kier alpha value is -0.830. The molecule has 0 unspecified atom stereocenters. The Bertz CT molecular complexity index is 343. The van der Waals surface area contributed by atoms with Crippen LogP contribution in [0.5, 0.6) is 0 Å². The van der Waals surface area contributed by atoms with Gasteiger partial charge in [-0.2, -0.15) is 0 Å². The Balaban J connectivity index is 2.36. The minimum absolute atomic E-state index is 0.156. The van der Waals surface area contributed by atoms with Gasteiger partial charge in [0.05, 0.1) is 5.69 Å². The van der Waals surface area contributed by atoms with Crippen LogP contribution in [0, 0.1) is 0 Å². The average molecular weight is 185 g/mol. The van der Waals surface area contributed by atoms with Crippen LogP contribution in [-0.2, 0) is 0 Å². The Morgan fingerprint density at radius 2 is 2.33 bits per heavy atom. The molecule has 0 aliphatic heterocycles. The first-order valence-electron chi connectivity index (χ1n) is 4.02. The molecule has 1 aliphatic rings. The van der Waals surface area contributed by atoms with Crippen LogP contribution in [-0.4, -0.2) is 9.97 Å². The van der Waals surface area contributed by atoms with Crippen molar-refractivity contribution in [2.45, 2.75) is 25.2 Å². The number of H-pyrrole nitrogens is 1. The number of hydrogen-bond donors (Lipinski definition) is 1. The van der Waals surface area contributed by atoms with Crippen molar-refractivity contribution in [2.75, 3.05) is 0 Å². The molecule has 0 amide bonds. The summed E-state index contributed by atoms with van der Waals surface area (Å²) in [4.78, 5) is 17.5. The number of aromatic nitrogens is 2. The van der Waals surface area contributed by atoms with E-state index in [0.717, 1.165) is 18.5 Å². The minimum atomic E-state index is -0.156. The van der Waals surface area contributed by atoms with Crippen molar-refractivity contribution in [1.82, 2.24) is 9.97 Å². The Morgan fingerprint density at radius 1 is 1.58 bits per heavy atom. The van der Waals surface area contributed by atoms with E-state index in [0.29, 0.717) is 5.92 Å². The van der Waals surface area contributed by atoms with Crippen LogP contribution in [0.25, 0.3) is 0 Å². The minimum Gasteiger partial charge on any atom is -0.297 e. The fourth-order valence-electron chi connectivity index (χ4n) is 1.36. The third-order valence-corrected chi connectivity index (χ3v) is 2.44. The lowest BCUT2D eigenvalue weighted by molar-refractivity contribution is 0.410. The molecule has 0 bridgehead atoms. The van der Waals surface area contributed by atoms with Gasteiger partial charge in [0, 0.05) is 12.0 Å². The topological polar surface area (TPSA) is 45.8 Å². The molecule has 1 heterocycles. The lowest BCUT2D eigenvalue weighted by Crippen LogP contribution is -2.16. The lowest BCUT2D eigenvalue weighted by atomic mass is 9.83. The summed E-state index contributed by atoms with van der Waals surface area (Å²) in [5.41, 5.74) is 0.687. The van der Waals surface area contributed by atoms with Crippen LogP contribution in [0.3, 0.4) is 0 Å². The second-order valence-corrected chi connectivity index (χ2v) is 3.45. The van der Waals surface area contributed by atoms with Gasteiger partial charge in [0.2, 0.25) is 5.28 Å². The van der Waals surface area contributed by atoms with Gasteiger partial charge in [-0.1, -0.05) is 6.42 Å². The average Bonchev–Trinajstić information content (AvgIpc) is 1.79. The van der Waals surface area contributed by atoms with Crippen LogP contribution in [0.1, 0.15) is 30.9 Å². The molecule has 1 aliphatic carbocycles. The monoisotopic (exact) mass is 184 g/mol. The second-order valence-electron chi connectivity index (χ2n) is 3.09. The molecule has 0 atom stereocenters. The Kier molecular flexibility index (Phi) is 1.89. The van der Waals surface area contributed by atoms with Gasteiger partial charge in [-0.25, -0.2) is 4.98 Å². The van der Waals surface area contributed by atoms with E-state index in [1.807, 2.05) is 0 Å². The molecule has 1 fully saturated rings. The fourth-order valence-corrected chi connectivity index (χ4v) is 1.55. The molecule has 1 aromatic rings. The van der Waals surface area contributed by atoms with Crippen LogP contribution in [0.2, 0.25) is 5.28 Å². The van der Waals surface area contributed by atoms with Crippen molar-refractivity contribution in [1.29, 1.82) is 0 Å². The summed E-state index contributed by atoms with van der Waals surface area (Å²) in [5, 5.41) is 0.199. The van der Waals surface area contributed by atoms with Crippen LogP contribution in [0.15, 0.2) is 10.9 Å². The number of halogens is 1. The number of rotatable bonds is 1. The highest BCUT2D eigenvalue weighted by molar-refractivity contribution is 6.28. The molecule has 3 nitrogen and oxygen atoms in total. The molecule has 1 saturated carbocycles. The predicted molar refractivity (Wildman–Crippen MR) is 46.5 cm³/mol. The van der Waals surface area contributed by atoms with Crippen LogP contribution < -0.4 is 5.56 Å². The first-order chi connectivity index (χ1) is 5.75. The molecular formula is C8H9ClN2O. The number of nitrogens with zero attached hydrogens (tertiary/aromatic N) is 1. The maximum atomic E-state index is 11.0. The highest BCUT2D eigenvalue weighted by atomic mass is 35.5. The normalized spacial score (nSPS) is 17.4. The molecule has 0 aromatic carbocycles. The van der Waals surface area contributed by atoms with Crippen molar-refractivity contribution in [3.8, 4) is 0 Å². The zero-order valence-electron chi connectivity index (χ0n) is 6.51. The highest BCUT2D eigenvalue weighted by Gasteiger charge is 2.21. The number of nitrogens with one attached hydrogen (secondary N) is 1. The maximum absolute atomic E-state index is 11.0. The quantitative estimate of drug-likeness (QED) is 0.676. The van der Waals surface area contributed by atoms with Crippen molar-refractivity contribution in [2.24, 2.45) is 0 Å². The zero-order chi connectivity index (χ0) is 8.55. The molecule has 0 radical (unpaired) electrons. The number of hydrogen-bond acceptors (Lipinski definition) is 2. The predicted octanol–water partition coefficient (Wildman–Crippen LogP) is 1.69. The summed E-state index contributed by atoms with van der Waals surface area (Å²) in [6.07, 6.45) is 3.50.